The number of hydrogen-bond acceptors (Lipinski definition) is 4. The van der Waals surface area contributed by atoms with E-state index in [0.29, 0.717) is 11.5 Å². The summed E-state index contributed by atoms with van der Waals surface area (Å²) in [7, 11) is 1.10. The van der Waals surface area contributed by atoms with Crippen molar-refractivity contribution in [2.45, 2.75) is 18.4 Å². The minimum atomic E-state index is -3.59. The first kappa shape index (κ1) is 17.3. The summed E-state index contributed by atoms with van der Waals surface area (Å²) in [4.78, 5) is 0.244. The minimum Gasteiger partial charge on any atom is -0.496 e. The largest absolute Gasteiger partial charge is 0.496 e. The zero-order valence-corrected chi connectivity index (χ0v) is 14.6. The standard InChI is InChI=1S/C17H21NO4S/c1-13-11-15(9-10-16(13)21-3)23(19,20)18(2)12-14-7-5-6-8-17(14)22-4/h5-11H,12H2,1-4H3. The smallest absolute Gasteiger partial charge is 0.243 e. The van der Waals surface area contributed by atoms with E-state index in [1.807, 2.05) is 31.2 Å². The Labute approximate surface area is 137 Å². The van der Waals surface area contributed by atoms with Gasteiger partial charge in [0.15, 0.2) is 0 Å². The zero-order valence-electron chi connectivity index (χ0n) is 13.7. The van der Waals surface area contributed by atoms with Crippen LogP contribution in [0.15, 0.2) is 47.4 Å². The van der Waals surface area contributed by atoms with Gasteiger partial charge in [-0.2, -0.15) is 4.31 Å². The van der Waals surface area contributed by atoms with Gasteiger partial charge in [-0.25, -0.2) is 8.42 Å². The van der Waals surface area contributed by atoms with E-state index in [4.69, 9.17) is 9.47 Å². The highest BCUT2D eigenvalue weighted by atomic mass is 32.2. The Hall–Kier alpha value is -2.05. The van der Waals surface area contributed by atoms with Crippen LogP contribution in [-0.4, -0.2) is 34.0 Å². The Morgan fingerprint density at radius 2 is 1.65 bits per heavy atom. The molecule has 0 aromatic heterocycles. The fraction of sp³-hybridized carbons (Fsp3) is 0.294. The van der Waals surface area contributed by atoms with Crippen molar-refractivity contribution in [1.29, 1.82) is 0 Å². The van der Waals surface area contributed by atoms with E-state index in [0.717, 1.165) is 11.1 Å². The van der Waals surface area contributed by atoms with Gasteiger partial charge >= 0.3 is 0 Å². The van der Waals surface area contributed by atoms with Gasteiger partial charge in [0.1, 0.15) is 11.5 Å². The van der Waals surface area contributed by atoms with Crippen molar-refractivity contribution in [1.82, 2.24) is 4.31 Å². The van der Waals surface area contributed by atoms with Crippen LogP contribution in [0.5, 0.6) is 11.5 Å². The lowest BCUT2D eigenvalue weighted by molar-refractivity contribution is 0.398. The molecule has 0 aliphatic rings. The Balaban J connectivity index is 2.30. The SMILES string of the molecule is COc1ccc(S(=O)(=O)N(C)Cc2ccccc2OC)cc1C. The molecular formula is C17H21NO4S. The first-order valence-corrected chi connectivity index (χ1v) is 8.57. The third-order valence-electron chi connectivity index (χ3n) is 3.66. The van der Waals surface area contributed by atoms with E-state index < -0.39 is 10.0 Å². The van der Waals surface area contributed by atoms with E-state index in [1.54, 1.807) is 39.5 Å². The number of sulfonamides is 1. The summed E-state index contributed by atoms with van der Waals surface area (Å²) in [5, 5.41) is 0. The van der Waals surface area contributed by atoms with Gasteiger partial charge in [-0.3, -0.25) is 0 Å². The second kappa shape index (κ2) is 7.02. The molecule has 5 nitrogen and oxygen atoms in total. The highest BCUT2D eigenvalue weighted by Gasteiger charge is 2.22. The third kappa shape index (κ3) is 3.65. The number of methoxy groups -OCH3 is 2. The molecule has 2 aromatic rings. The second-order valence-corrected chi connectivity index (χ2v) is 7.25. The molecule has 0 N–H and O–H groups in total. The molecule has 0 saturated heterocycles. The summed E-state index contributed by atoms with van der Waals surface area (Å²) < 4.78 is 37.2. The van der Waals surface area contributed by atoms with Crippen LogP contribution >= 0.6 is 0 Å². The van der Waals surface area contributed by atoms with Crippen LogP contribution in [0.3, 0.4) is 0 Å². The number of ether oxygens (including phenoxy) is 2. The Bertz CT molecular complexity index is 787. The fourth-order valence-corrected chi connectivity index (χ4v) is 3.58. The summed E-state index contributed by atoms with van der Waals surface area (Å²) >= 11 is 0. The molecule has 0 amide bonds. The van der Waals surface area contributed by atoms with E-state index in [1.165, 1.54) is 4.31 Å². The molecule has 2 aromatic carbocycles. The van der Waals surface area contributed by atoms with Crippen molar-refractivity contribution in [3.05, 3.63) is 53.6 Å². The van der Waals surface area contributed by atoms with Crippen LogP contribution in [0.4, 0.5) is 0 Å². The Morgan fingerprint density at radius 1 is 1.00 bits per heavy atom. The van der Waals surface area contributed by atoms with E-state index in [-0.39, 0.29) is 11.4 Å². The predicted octanol–water partition coefficient (Wildman–Crippen LogP) is 2.83. The number of para-hydroxylation sites is 1. The van der Waals surface area contributed by atoms with Crippen LogP contribution < -0.4 is 9.47 Å². The molecule has 0 spiro atoms. The van der Waals surface area contributed by atoms with Crippen molar-refractivity contribution in [3.8, 4) is 11.5 Å². The number of nitrogens with zero attached hydrogens (tertiary/aromatic N) is 1. The maximum Gasteiger partial charge on any atom is 0.243 e. The summed E-state index contributed by atoms with van der Waals surface area (Å²) in [5.74, 6) is 1.33. The number of aryl methyl sites for hydroxylation is 1. The number of rotatable bonds is 6. The fourth-order valence-electron chi connectivity index (χ4n) is 2.35. The molecule has 0 aliphatic heterocycles. The molecule has 0 fully saturated rings. The van der Waals surface area contributed by atoms with E-state index in [9.17, 15) is 8.42 Å². The molecule has 0 unspecified atom stereocenters. The molecule has 2 rings (SSSR count). The molecule has 0 radical (unpaired) electrons. The summed E-state index contributed by atoms with van der Waals surface area (Å²) in [6.07, 6.45) is 0. The molecule has 124 valence electrons. The Morgan fingerprint density at radius 3 is 2.26 bits per heavy atom. The number of benzene rings is 2. The molecular weight excluding hydrogens is 314 g/mol. The maximum absolute atomic E-state index is 12.7. The Kier molecular flexibility index (Phi) is 5.28. The molecule has 23 heavy (non-hydrogen) atoms. The first-order valence-electron chi connectivity index (χ1n) is 7.13. The lowest BCUT2D eigenvalue weighted by Gasteiger charge is -2.19. The molecule has 0 aliphatic carbocycles. The predicted molar refractivity (Wildman–Crippen MR) is 89.4 cm³/mol. The van der Waals surface area contributed by atoms with Crippen molar-refractivity contribution < 1.29 is 17.9 Å². The van der Waals surface area contributed by atoms with Crippen molar-refractivity contribution in [2.24, 2.45) is 0 Å². The highest BCUT2D eigenvalue weighted by molar-refractivity contribution is 7.89. The number of hydrogen-bond donors (Lipinski definition) is 0. The van der Waals surface area contributed by atoms with Crippen molar-refractivity contribution in [2.75, 3.05) is 21.3 Å². The third-order valence-corrected chi connectivity index (χ3v) is 5.46. The van der Waals surface area contributed by atoms with Gasteiger partial charge in [-0.15, -0.1) is 0 Å². The van der Waals surface area contributed by atoms with Crippen LogP contribution in [0.25, 0.3) is 0 Å². The van der Waals surface area contributed by atoms with Gasteiger partial charge in [0, 0.05) is 19.2 Å². The highest BCUT2D eigenvalue weighted by Crippen LogP contribution is 2.25. The molecule has 6 heteroatoms. The minimum absolute atomic E-state index is 0.234. The summed E-state index contributed by atoms with van der Waals surface area (Å²) in [6.45, 7) is 2.05. The molecule has 0 bridgehead atoms. The normalized spacial score (nSPS) is 11.5. The average molecular weight is 335 g/mol. The van der Waals surface area contributed by atoms with Gasteiger partial charge in [0.25, 0.3) is 0 Å². The second-order valence-electron chi connectivity index (χ2n) is 5.20. The summed E-state index contributed by atoms with van der Waals surface area (Å²) in [6, 6.07) is 12.2. The zero-order chi connectivity index (χ0) is 17.0. The van der Waals surface area contributed by atoms with Gasteiger partial charge < -0.3 is 9.47 Å². The van der Waals surface area contributed by atoms with E-state index in [2.05, 4.69) is 0 Å². The first-order chi connectivity index (χ1) is 10.9. The molecule has 0 heterocycles. The summed E-state index contributed by atoms with van der Waals surface area (Å²) in [5.41, 5.74) is 1.59. The van der Waals surface area contributed by atoms with Gasteiger partial charge in [-0.1, -0.05) is 18.2 Å². The van der Waals surface area contributed by atoms with Crippen LogP contribution in [-0.2, 0) is 16.6 Å². The van der Waals surface area contributed by atoms with Crippen LogP contribution in [0.2, 0.25) is 0 Å². The lowest BCUT2D eigenvalue weighted by Crippen LogP contribution is -2.26. The molecule has 0 saturated carbocycles. The van der Waals surface area contributed by atoms with Crippen molar-refractivity contribution >= 4 is 10.0 Å². The monoisotopic (exact) mass is 335 g/mol. The lowest BCUT2D eigenvalue weighted by atomic mass is 10.2. The van der Waals surface area contributed by atoms with Crippen LogP contribution in [0.1, 0.15) is 11.1 Å². The van der Waals surface area contributed by atoms with E-state index >= 15 is 0 Å². The molecule has 0 atom stereocenters. The van der Waals surface area contributed by atoms with Gasteiger partial charge in [0.2, 0.25) is 10.0 Å². The van der Waals surface area contributed by atoms with Gasteiger partial charge in [-0.05, 0) is 36.8 Å². The topological polar surface area (TPSA) is 55.8 Å². The quantitative estimate of drug-likeness (QED) is 0.814. The maximum atomic E-state index is 12.7. The average Bonchev–Trinajstić information content (AvgIpc) is 2.55. The van der Waals surface area contributed by atoms with Crippen LogP contribution in [0, 0.1) is 6.92 Å². The van der Waals surface area contributed by atoms with Gasteiger partial charge in [0.05, 0.1) is 19.1 Å². The van der Waals surface area contributed by atoms with Crippen molar-refractivity contribution in [3.63, 3.8) is 0 Å².